The number of halogens is 1. The summed E-state index contributed by atoms with van der Waals surface area (Å²) < 4.78 is 19.0. The van der Waals surface area contributed by atoms with Crippen molar-refractivity contribution in [2.75, 3.05) is 7.11 Å². The second-order valence-electron chi connectivity index (χ2n) is 6.00. The van der Waals surface area contributed by atoms with Crippen LogP contribution >= 0.6 is 0 Å². The van der Waals surface area contributed by atoms with Crippen LogP contribution in [0.15, 0.2) is 18.2 Å². The van der Waals surface area contributed by atoms with Gasteiger partial charge in [0.25, 0.3) is 0 Å². The largest absolute Gasteiger partial charge is 0.497 e. The predicted molar refractivity (Wildman–Crippen MR) is 82.7 cm³/mol. The average molecular weight is 281 g/mol. The van der Waals surface area contributed by atoms with Gasteiger partial charge in [0.1, 0.15) is 11.6 Å². The van der Waals surface area contributed by atoms with Gasteiger partial charge in [0.05, 0.1) is 7.11 Å². The summed E-state index contributed by atoms with van der Waals surface area (Å²) in [5.74, 6) is 1.10. The summed E-state index contributed by atoms with van der Waals surface area (Å²) in [7, 11) is 1.55. The van der Waals surface area contributed by atoms with E-state index in [2.05, 4.69) is 26.1 Å². The lowest BCUT2D eigenvalue weighted by Crippen LogP contribution is -2.29. The second-order valence-corrected chi connectivity index (χ2v) is 6.00. The summed E-state index contributed by atoms with van der Waals surface area (Å²) in [5.41, 5.74) is 0.696. The summed E-state index contributed by atoms with van der Waals surface area (Å²) >= 11 is 0. The molecule has 2 atom stereocenters. The van der Waals surface area contributed by atoms with E-state index in [-0.39, 0.29) is 11.9 Å². The molecule has 0 aliphatic carbocycles. The number of hydrogen-bond donors (Lipinski definition) is 1. The van der Waals surface area contributed by atoms with E-state index in [1.807, 2.05) is 6.92 Å². The van der Waals surface area contributed by atoms with Crippen molar-refractivity contribution in [3.05, 3.63) is 29.6 Å². The van der Waals surface area contributed by atoms with Crippen molar-refractivity contribution < 1.29 is 9.13 Å². The van der Waals surface area contributed by atoms with Gasteiger partial charge in [0.15, 0.2) is 0 Å². The zero-order valence-electron chi connectivity index (χ0n) is 13.4. The van der Waals surface area contributed by atoms with E-state index < -0.39 is 0 Å². The van der Waals surface area contributed by atoms with Gasteiger partial charge in [-0.25, -0.2) is 4.39 Å². The molecule has 2 unspecified atom stereocenters. The Morgan fingerprint density at radius 1 is 1.15 bits per heavy atom. The molecule has 0 saturated carbocycles. The van der Waals surface area contributed by atoms with Crippen molar-refractivity contribution >= 4 is 0 Å². The molecule has 2 nitrogen and oxygen atoms in total. The van der Waals surface area contributed by atoms with Crippen molar-refractivity contribution in [3.63, 3.8) is 0 Å². The average Bonchev–Trinajstić information content (AvgIpc) is 2.37. The molecule has 1 aromatic rings. The van der Waals surface area contributed by atoms with Gasteiger partial charge in [-0.3, -0.25) is 0 Å². The van der Waals surface area contributed by atoms with E-state index in [1.54, 1.807) is 19.2 Å². The molecule has 0 heterocycles. The van der Waals surface area contributed by atoms with E-state index in [9.17, 15) is 4.39 Å². The summed E-state index contributed by atoms with van der Waals surface area (Å²) in [6.07, 6.45) is 3.58. The minimum Gasteiger partial charge on any atom is -0.497 e. The van der Waals surface area contributed by atoms with Gasteiger partial charge in [-0.05, 0) is 32.3 Å². The molecule has 1 N–H and O–H groups in total. The molecule has 0 amide bonds. The predicted octanol–water partition coefficient (Wildman–Crippen LogP) is 4.70. The summed E-state index contributed by atoms with van der Waals surface area (Å²) in [6, 6.07) is 5.45. The zero-order valence-corrected chi connectivity index (χ0v) is 13.4. The van der Waals surface area contributed by atoms with Crippen LogP contribution in [-0.4, -0.2) is 13.2 Å². The molecule has 0 aliphatic rings. The van der Waals surface area contributed by atoms with Gasteiger partial charge in [0, 0.05) is 23.7 Å². The lowest BCUT2D eigenvalue weighted by molar-refractivity contribution is 0.403. The summed E-state index contributed by atoms with van der Waals surface area (Å²) in [6.45, 7) is 8.66. The van der Waals surface area contributed by atoms with Crippen LogP contribution in [0.25, 0.3) is 0 Å². The van der Waals surface area contributed by atoms with Crippen molar-refractivity contribution in [2.24, 2.45) is 5.92 Å². The van der Waals surface area contributed by atoms with Crippen LogP contribution in [0, 0.1) is 11.7 Å². The SMILES string of the molecule is COc1ccc(C(C)NC(C)CCCC(C)C)c(F)c1. The Bertz CT molecular complexity index is 406. The second kappa shape index (κ2) is 8.25. The fourth-order valence-electron chi connectivity index (χ4n) is 2.42. The quantitative estimate of drug-likeness (QED) is 0.745. The van der Waals surface area contributed by atoms with Crippen molar-refractivity contribution in [1.82, 2.24) is 5.32 Å². The van der Waals surface area contributed by atoms with Gasteiger partial charge in [-0.15, -0.1) is 0 Å². The molecule has 0 fully saturated rings. The highest BCUT2D eigenvalue weighted by atomic mass is 19.1. The van der Waals surface area contributed by atoms with E-state index in [0.29, 0.717) is 17.4 Å². The fourth-order valence-corrected chi connectivity index (χ4v) is 2.42. The Hall–Kier alpha value is -1.09. The van der Waals surface area contributed by atoms with Gasteiger partial charge in [-0.2, -0.15) is 0 Å². The van der Waals surface area contributed by atoms with E-state index in [1.165, 1.54) is 18.9 Å². The first-order valence-corrected chi connectivity index (χ1v) is 7.53. The number of benzene rings is 1. The minimum atomic E-state index is -0.210. The highest BCUT2D eigenvalue weighted by molar-refractivity contribution is 5.30. The maximum absolute atomic E-state index is 14.0. The Balaban J connectivity index is 2.51. The lowest BCUT2D eigenvalue weighted by atomic mass is 10.0. The molecule has 0 spiro atoms. The Labute approximate surface area is 122 Å². The molecule has 0 aliphatic heterocycles. The fraction of sp³-hybridized carbons (Fsp3) is 0.647. The van der Waals surface area contributed by atoms with Gasteiger partial charge < -0.3 is 10.1 Å². The molecular formula is C17H28FNO. The Morgan fingerprint density at radius 2 is 1.85 bits per heavy atom. The third-order valence-electron chi connectivity index (χ3n) is 3.63. The van der Waals surface area contributed by atoms with Crippen molar-refractivity contribution in [3.8, 4) is 5.75 Å². The standard InChI is InChI=1S/C17H28FNO/c1-12(2)7-6-8-13(3)19-14(4)16-10-9-15(20-5)11-17(16)18/h9-14,19H,6-8H2,1-5H3. The first kappa shape index (κ1) is 17.0. The topological polar surface area (TPSA) is 21.3 Å². The zero-order chi connectivity index (χ0) is 15.1. The third-order valence-corrected chi connectivity index (χ3v) is 3.63. The van der Waals surface area contributed by atoms with Crippen LogP contribution in [0.4, 0.5) is 4.39 Å². The van der Waals surface area contributed by atoms with Crippen LogP contribution in [-0.2, 0) is 0 Å². The Morgan fingerprint density at radius 3 is 2.40 bits per heavy atom. The molecule has 0 radical (unpaired) electrons. The van der Waals surface area contributed by atoms with Gasteiger partial charge >= 0.3 is 0 Å². The Kier molecular flexibility index (Phi) is 7.00. The van der Waals surface area contributed by atoms with Crippen LogP contribution in [0.5, 0.6) is 5.75 Å². The number of hydrogen-bond acceptors (Lipinski definition) is 2. The van der Waals surface area contributed by atoms with Crippen molar-refractivity contribution in [2.45, 2.75) is 59.0 Å². The molecule has 1 rings (SSSR count). The molecule has 0 bridgehead atoms. The van der Waals surface area contributed by atoms with Crippen molar-refractivity contribution in [1.29, 1.82) is 0 Å². The van der Waals surface area contributed by atoms with Gasteiger partial charge in [0.2, 0.25) is 0 Å². The maximum Gasteiger partial charge on any atom is 0.131 e. The summed E-state index contributed by atoms with van der Waals surface area (Å²) in [4.78, 5) is 0. The third kappa shape index (κ3) is 5.49. The molecule has 0 aromatic heterocycles. The number of nitrogens with one attached hydrogen (secondary N) is 1. The van der Waals surface area contributed by atoms with Crippen LogP contribution in [0.2, 0.25) is 0 Å². The molecular weight excluding hydrogens is 253 g/mol. The minimum absolute atomic E-state index is 0.00922. The molecule has 20 heavy (non-hydrogen) atoms. The summed E-state index contributed by atoms with van der Waals surface area (Å²) in [5, 5.41) is 3.47. The highest BCUT2D eigenvalue weighted by Gasteiger charge is 2.14. The van der Waals surface area contributed by atoms with Crippen LogP contribution in [0.1, 0.15) is 58.6 Å². The molecule has 3 heteroatoms. The molecule has 1 aromatic carbocycles. The maximum atomic E-state index is 14.0. The number of methoxy groups -OCH3 is 1. The normalized spacial score (nSPS) is 14.3. The number of rotatable bonds is 8. The first-order valence-electron chi connectivity index (χ1n) is 7.53. The van der Waals surface area contributed by atoms with Crippen LogP contribution < -0.4 is 10.1 Å². The first-order chi connectivity index (χ1) is 9.43. The lowest BCUT2D eigenvalue weighted by Gasteiger charge is -2.21. The van der Waals surface area contributed by atoms with E-state index in [4.69, 9.17) is 4.74 Å². The molecule has 0 saturated heterocycles. The van der Waals surface area contributed by atoms with E-state index in [0.717, 1.165) is 12.3 Å². The van der Waals surface area contributed by atoms with E-state index >= 15 is 0 Å². The highest BCUT2D eigenvalue weighted by Crippen LogP contribution is 2.22. The monoisotopic (exact) mass is 281 g/mol. The molecule has 114 valence electrons. The number of ether oxygens (including phenoxy) is 1. The van der Waals surface area contributed by atoms with Crippen LogP contribution in [0.3, 0.4) is 0 Å². The smallest absolute Gasteiger partial charge is 0.131 e. The van der Waals surface area contributed by atoms with Gasteiger partial charge in [-0.1, -0.05) is 32.8 Å².